The van der Waals surface area contributed by atoms with Crippen LogP contribution < -0.4 is 4.90 Å². The summed E-state index contributed by atoms with van der Waals surface area (Å²) in [6.07, 6.45) is 4.20. The number of rotatable bonds is 2. The summed E-state index contributed by atoms with van der Waals surface area (Å²) in [6, 6.07) is 18.6. The minimum absolute atomic E-state index is 0.104. The number of nitrogens with zero attached hydrogens (tertiary/aromatic N) is 1. The summed E-state index contributed by atoms with van der Waals surface area (Å²) in [4.78, 5) is 2.19. The van der Waals surface area contributed by atoms with Crippen LogP contribution in [-0.4, -0.2) is 0 Å². The molecular weight excluding hydrogens is 457 g/mol. The summed E-state index contributed by atoms with van der Waals surface area (Å²) < 4.78 is 0.104. The van der Waals surface area contributed by atoms with Gasteiger partial charge in [0.05, 0.1) is 0 Å². The Hall–Kier alpha value is -0.791. The van der Waals surface area contributed by atoms with E-state index < -0.39 is 14.5 Å². The molecule has 0 amide bonds. The van der Waals surface area contributed by atoms with Gasteiger partial charge in [0, 0.05) is 0 Å². The fourth-order valence-electron chi connectivity index (χ4n) is 2.21. The van der Waals surface area contributed by atoms with Crippen molar-refractivity contribution in [2.24, 2.45) is 0 Å². The number of benzene rings is 2. The van der Waals surface area contributed by atoms with Gasteiger partial charge in [-0.25, -0.2) is 0 Å². The molecular formula is C15H12Cl2IrN. The van der Waals surface area contributed by atoms with Crippen molar-refractivity contribution in [3.05, 3.63) is 71.9 Å². The first-order chi connectivity index (χ1) is 9.27. The van der Waals surface area contributed by atoms with E-state index in [1.54, 1.807) is 0 Å². The van der Waals surface area contributed by atoms with Crippen molar-refractivity contribution in [3.63, 3.8) is 0 Å². The minimum atomic E-state index is -2.18. The normalized spacial score (nSPS) is 18.1. The summed E-state index contributed by atoms with van der Waals surface area (Å²) in [7, 11) is 12.8. The van der Waals surface area contributed by atoms with E-state index in [-0.39, 0.29) is 4.56 Å². The third-order valence-corrected chi connectivity index (χ3v) is 7.73. The molecule has 1 unspecified atom stereocenters. The third kappa shape index (κ3) is 2.59. The number of halogens is 2. The summed E-state index contributed by atoms with van der Waals surface area (Å²) >= 11 is -2.18. The molecule has 19 heavy (non-hydrogen) atoms. The molecule has 0 bridgehead atoms. The Morgan fingerprint density at radius 1 is 0.895 bits per heavy atom. The molecule has 1 aliphatic rings. The van der Waals surface area contributed by atoms with Crippen molar-refractivity contribution < 1.29 is 14.5 Å². The molecule has 0 spiro atoms. The number of hydrogen-bond donors (Lipinski definition) is 0. The van der Waals surface area contributed by atoms with E-state index in [4.69, 9.17) is 19.2 Å². The van der Waals surface area contributed by atoms with Crippen LogP contribution in [0.25, 0.3) is 6.08 Å². The molecule has 1 atom stereocenters. The van der Waals surface area contributed by atoms with Gasteiger partial charge in [0.25, 0.3) is 0 Å². The van der Waals surface area contributed by atoms with Crippen molar-refractivity contribution in [2.75, 3.05) is 4.90 Å². The average Bonchev–Trinajstić information content (AvgIpc) is 2.46. The Bertz CT molecular complexity index is 598. The van der Waals surface area contributed by atoms with Crippen molar-refractivity contribution in [3.8, 4) is 0 Å². The second-order valence-electron chi connectivity index (χ2n) is 4.19. The Balaban J connectivity index is 2.08. The molecule has 0 N–H and O–H groups in total. The Morgan fingerprint density at radius 3 is 2.32 bits per heavy atom. The van der Waals surface area contributed by atoms with Crippen LogP contribution in [0.3, 0.4) is 0 Å². The van der Waals surface area contributed by atoms with Crippen molar-refractivity contribution >= 4 is 30.9 Å². The molecule has 1 heterocycles. The predicted octanol–water partition coefficient (Wildman–Crippen LogP) is 5.10. The van der Waals surface area contributed by atoms with Gasteiger partial charge >= 0.3 is 127 Å². The first kappa shape index (κ1) is 13.2. The van der Waals surface area contributed by atoms with Crippen molar-refractivity contribution in [1.29, 1.82) is 0 Å². The Kier molecular flexibility index (Phi) is 3.95. The Labute approximate surface area is 126 Å². The predicted molar refractivity (Wildman–Crippen MR) is 78.8 cm³/mol. The summed E-state index contributed by atoms with van der Waals surface area (Å²) in [6.45, 7) is 0. The molecule has 0 fully saturated rings. The molecule has 1 aliphatic heterocycles. The number of para-hydroxylation sites is 1. The first-order valence-electron chi connectivity index (χ1n) is 5.83. The standard InChI is InChI=1S/C15H12N.2ClH.Ir/c1-2-8-15(9-3-1)16-11-10-13-6-4-5-7-14(13)12-16;;;/h1-12H;2*1H;/q;;;+2/p-2. The number of fused-ring (bicyclic) bond motifs is 1. The van der Waals surface area contributed by atoms with E-state index >= 15 is 0 Å². The zero-order chi connectivity index (χ0) is 13.2. The van der Waals surface area contributed by atoms with Crippen LogP contribution in [0.5, 0.6) is 0 Å². The van der Waals surface area contributed by atoms with E-state index in [0.717, 1.165) is 5.69 Å². The molecule has 0 aromatic heterocycles. The van der Waals surface area contributed by atoms with Crippen LogP contribution in [0, 0.1) is 0 Å². The second kappa shape index (κ2) is 5.68. The van der Waals surface area contributed by atoms with Gasteiger partial charge in [-0.05, 0) is 0 Å². The molecule has 1 nitrogen and oxygen atoms in total. The molecule has 4 heteroatoms. The molecule has 100 valence electrons. The fraction of sp³-hybridized carbons (Fsp3) is 0.0667. The van der Waals surface area contributed by atoms with E-state index in [1.165, 1.54) is 11.1 Å². The van der Waals surface area contributed by atoms with E-state index in [0.29, 0.717) is 0 Å². The zero-order valence-electron chi connectivity index (χ0n) is 9.96. The zero-order valence-corrected chi connectivity index (χ0v) is 13.9. The van der Waals surface area contributed by atoms with Gasteiger partial charge in [0.1, 0.15) is 0 Å². The molecule has 2 aromatic carbocycles. The van der Waals surface area contributed by atoms with Crippen LogP contribution in [0.15, 0.2) is 60.8 Å². The molecule has 2 aromatic rings. The fourth-order valence-corrected chi connectivity index (χ4v) is 6.90. The molecule has 0 saturated heterocycles. The van der Waals surface area contributed by atoms with E-state index in [9.17, 15) is 0 Å². The molecule has 0 aliphatic carbocycles. The summed E-state index contributed by atoms with van der Waals surface area (Å²) in [5.74, 6) is 0. The summed E-state index contributed by atoms with van der Waals surface area (Å²) in [5.41, 5.74) is 3.57. The van der Waals surface area contributed by atoms with Crippen LogP contribution >= 0.6 is 19.2 Å². The quantitative estimate of drug-likeness (QED) is 0.592. The van der Waals surface area contributed by atoms with E-state index in [1.807, 2.05) is 30.3 Å². The maximum atomic E-state index is 6.39. The van der Waals surface area contributed by atoms with Crippen LogP contribution in [0.1, 0.15) is 15.7 Å². The summed E-state index contributed by atoms with van der Waals surface area (Å²) in [5, 5.41) is 0. The SMILES string of the molecule is [Cl][Ir]([Cl])[CH]1c2ccccc2C=CN1c1ccccc1. The second-order valence-corrected chi connectivity index (χ2v) is 12.4. The van der Waals surface area contributed by atoms with Gasteiger partial charge in [0.15, 0.2) is 0 Å². The van der Waals surface area contributed by atoms with Crippen LogP contribution in [0.2, 0.25) is 0 Å². The van der Waals surface area contributed by atoms with Gasteiger partial charge in [-0.1, -0.05) is 0 Å². The van der Waals surface area contributed by atoms with Crippen molar-refractivity contribution in [2.45, 2.75) is 4.56 Å². The first-order valence-corrected chi connectivity index (χ1v) is 13.2. The topological polar surface area (TPSA) is 3.24 Å². The maximum absolute atomic E-state index is 6.39. The van der Waals surface area contributed by atoms with Crippen molar-refractivity contribution in [1.82, 2.24) is 0 Å². The van der Waals surface area contributed by atoms with Crippen LogP contribution in [0.4, 0.5) is 5.69 Å². The van der Waals surface area contributed by atoms with Gasteiger partial charge in [0.2, 0.25) is 0 Å². The monoisotopic (exact) mass is 469 g/mol. The molecule has 0 radical (unpaired) electrons. The van der Waals surface area contributed by atoms with Gasteiger partial charge in [-0.15, -0.1) is 0 Å². The van der Waals surface area contributed by atoms with E-state index in [2.05, 4.69) is 41.4 Å². The van der Waals surface area contributed by atoms with Gasteiger partial charge in [-0.2, -0.15) is 0 Å². The van der Waals surface area contributed by atoms with Gasteiger partial charge in [-0.3, -0.25) is 0 Å². The molecule has 0 saturated carbocycles. The van der Waals surface area contributed by atoms with Gasteiger partial charge < -0.3 is 0 Å². The number of anilines is 1. The molecule has 3 rings (SSSR count). The third-order valence-electron chi connectivity index (χ3n) is 3.08. The van der Waals surface area contributed by atoms with Crippen LogP contribution in [-0.2, 0) is 14.5 Å². The number of hydrogen-bond acceptors (Lipinski definition) is 1. The average molecular weight is 469 g/mol. The Morgan fingerprint density at radius 2 is 1.58 bits per heavy atom.